The molecule has 0 aliphatic carbocycles. The van der Waals surface area contributed by atoms with Crippen molar-refractivity contribution in [2.45, 2.75) is 0 Å². The van der Waals surface area contributed by atoms with E-state index >= 15 is 0 Å². The molecule has 0 unspecified atom stereocenters. The summed E-state index contributed by atoms with van der Waals surface area (Å²) in [6.45, 7) is 0. The highest BCUT2D eigenvalue weighted by Crippen LogP contribution is 2.27. The first-order chi connectivity index (χ1) is 13.2. The van der Waals surface area contributed by atoms with Crippen LogP contribution in [-0.2, 0) is 0 Å². The average molecular weight is 419 g/mol. The minimum atomic E-state index is -0.230. The number of carbonyl (C=O) groups excluding carboxylic acids is 1. The molecule has 1 aromatic heterocycles. The van der Waals surface area contributed by atoms with E-state index in [4.69, 9.17) is 0 Å². The smallest absolute Gasteiger partial charge is 0.256 e. The van der Waals surface area contributed by atoms with E-state index in [0.29, 0.717) is 17.1 Å². The third-order valence-electron chi connectivity index (χ3n) is 4.00. The number of hydrogen-bond donors (Lipinski definition) is 1. The van der Waals surface area contributed by atoms with Crippen LogP contribution in [0.5, 0.6) is 0 Å². The Morgan fingerprint density at radius 1 is 0.815 bits per heavy atom. The molecule has 1 amide bonds. The van der Waals surface area contributed by atoms with Crippen molar-refractivity contribution in [1.82, 2.24) is 15.0 Å². The van der Waals surface area contributed by atoms with Crippen LogP contribution in [0.2, 0.25) is 0 Å². The van der Waals surface area contributed by atoms with E-state index in [1.807, 2.05) is 72.8 Å². The Hall–Kier alpha value is -3.25. The Morgan fingerprint density at radius 3 is 2.15 bits per heavy atom. The van der Waals surface area contributed by atoms with Crippen molar-refractivity contribution >= 4 is 27.7 Å². The molecule has 27 heavy (non-hydrogen) atoms. The van der Waals surface area contributed by atoms with Crippen LogP contribution in [0, 0.1) is 0 Å². The van der Waals surface area contributed by atoms with Crippen molar-refractivity contribution in [3.8, 4) is 16.9 Å². The van der Waals surface area contributed by atoms with Crippen molar-refractivity contribution in [2.24, 2.45) is 0 Å². The van der Waals surface area contributed by atoms with Gasteiger partial charge in [-0.3, -0.25) is 4.79 Å². The third-order valence-corrected chi connectivity index (χ3v) is 4.67. The van der Waals surface area contributed by atoms with Gasteiger partial charge >= 0.3 is 0 Å². The maximum absolute atomic E-state index is 12.6. The van der Waals surface area contributed by atoms with Gasteiger partial charge in [0.05, 0.1) is 5.69 Å². The molecule has 0 radical (unpaired) electrons. The first-order valence-electron chi connectivity index (χ1n) is 8.36. The molecule has 132 valence electrons. The fraction of sp³-hybridized carbons (Fsp3) is 0. The zero-order chi connectivity index (χ0) is 18.6. The molecule has 0 atom stereocenters. The van der Waals surface area contributed by atoms with Gasteiger partial charge in [0.15, 0.2) is 5.82 Å². The van der Waals surface area contributed by atoms with Crippen LogP contribution in [0.15, 0.2) is 89.4 Å². The molecule has 4 aromatic rings. The van der Waals surface area contributed by atoms with Crippen molar-refractivity contribution in [3.05, 3.63) is 95.0 Å². The molecule has 0 fully saturated rings. The zero-order valence-corrected chi connectivity index (χ0v) is 15.8. The van der Waals surface area contributed by atoms with Crippen LogP contribution in [0.4, 0.5) is 5.82 Å². The number of aromatic nitrogens is 3. The summed E-state index contributed by atoms with van der Waals surface area (Å²) in [5, 5.41) is 12.0. The maximum atomic E-state index is 12.6. The van der Waals surface area contributed by atoms with Crippen LogP contribution in [-0.4, -0.2) is 20.9 Å². The third kappa shape index (κ3) is 3.66. The monoisotopic (exact) mass is 418 g/mol. The Labute approximate surface area is 164 Å². The van der Waals surface area contributed by atoms with E-state index in [1.54, 1.807) is 12.1 Å². The molecule has 0 bridgehead atoms. The van der Waals surface area contributed by atoms with Crippen molar-refractivity contribution in [1.29, 1.82) is 0 Å². The van der Waals surface area contributed by atoms with Crippen LogP contribution in [0.25, 0.3) is 16.9 Å². The summed E-state index contributed by atoms with van der Waals surface area (Å²) in [4.78, 5) is 14.1. The highest BCUT2D eigenvalue weighted by molar-refractivity contribution is 9.10. The van der Waals surface area contributed by atoms with E-state index in [9.17, 15) is 4.79 Å². The molecule has 1 heterocycles. The number of para-hydroxylation sites is 1. The molecule has 5 nitrogen and oxygen atoms in total. The molecular weight excluding hydrogens is 404 g/mol. The Balaban J connectivity index is 1.77. The van der Waals surface area contributed by atoms with E-state index in [0.717, 1.165) is 15.7 Å². The fourth-order valence-electron chi connectivity index (χ4n) is 2.67. The minimum Gasteiger partial charge on any atom is -0.303 e. The molecule has 0 aliphatic heterocycles. The van der Waals surface area contributed by atoms with Crippen LogP contribution >= 0.6 is 15.9 Å². The summed E-state index contributed by atoms with van der Waals surface area (Å²) in [6.07, 6.45) is 0. The second kappa shape index (κ2) is 7.55. The molecule has 0 spiro atoms. The number of amides is 1. The summed E-state index contributed by atoms with van der Waals surface area (Å²) in [6, 6.07) is 26.4. The fourth-order valence-corrected chi connectivity index (χ4v) is 3.12. The number of carbonyl (C=O) groups is 1. The van der Waals surface area contributed by atoms with Gasteiger partial charge in [-0.05, 0) is 40.2 Å². The SMILES string of the molecule is O=C(Nc1nn(-c2ccccc2Br)nc1-c1ccccc1)c1ccccc1. The predicted octanol–water partition coefficient (Wildman–Crippen LogP) is 4.95. The van der Waals surface area contributed by atoms with Gasteiger partial charge in [0.1, 0.15) is 5.69 Å². The lowest BCUT2D eigenvalue weighted by atomic mass is 10.1. The number of hydrogen-bond acceptors (Lipinski definition) is 3. The topological polar surface area (TPSA) is 59.8 Å². The van der Waals surface area contributed by atoms with Gasteiger partial charge in [-0.2, -0.15) is 0 Å². The second-order valence-electron chi connectivity index (χ2n) is 5.82. The van der Waals surface area contributed by atoms with E-state index in [-0.39, 0.29) is 5.91 Å². The number of rotatable bonds is 4. The van der Waals surface area contributed by atoms with E-state index in [1.165, 1.54) is 4.80 Å². The lowest BCUT2D eigenvalue weighted by Gasteiger charge is -2.04. The first-order valence-corrected chi connectivity index (χ1v) is 9.16. The summed E-state index contributed by atoms with van der Waals surface area (Å²) >= 11 is 3.52. The standard InChI is InChI=1S/C21H15BrN4O/c22-17-13-7-8-14-18(17)26-24-19(15-9-3-1-4-10-15)20(25-26)23-21(27)16-11-5-2-6-12-16/h1-14H,(H,23,25,27). The van der Waals surface area contributed by atoms with Gasteiger partial charge in [-0.15, -0.1) is 15.0 Å². The number of nitrogens with one attached hydrogen (secondary N) is 1. The Kier molecular flexibility index (Phi) is 4.80. The van der Waals surface area contributed by atoms with Crippen LogP contribution in [0.1, 0.15) is 10.4 Å². The largest absolute Gasteiger partial charge is 0.303 e. The number of halogens is 1. The van der Waals surface area contributed by atoms with Crippen LogP contribution < -0.4 is 5.32 Å². The highest BCUT2D eigenvalue weighted by atomic mass is 79.9. The molecule has 0 saturated heterocycles. The minimum absolute atomic E-state index is 0.230. The highest BCUT2D eigenvalue weighted by Gasteiger charge is 2.18. The molecule has 4 rings (SSSR count). The summed E-state index contributed by atoms with van der Waals surface area (Å²) < 4.78 is 0.862. The van der Waals surface area contributed by atoms with Gasteiger partial charge in [-0.25, -0.2) is 0 Å². The van der Waals surface area contributed by atoms with Crippen molar-refractivity contribution in [2.75, 3.05) is 5.32 Å². The van der Waals surface area contributed by atoms with Gasteiger partial charge in [0.2, 0.25) is 0 Å². The molecule has 6 heteroatoms. The molecule has 0 aliphatic rings. The number of nitrogens with zero attached hydrogens (tertiary/aromatic N) is 3. The van der Waals surface area contributed by atoms with Crippen LogP contribution in [0.3, 0.4) is 0 Å². The predicted molar refractivity (Wildman–Crippen MR) is 109 cm³/mol. The van der Waals surface area contributed by atoms with E-state index < -0.39 is 0 Å². The van der Waals surface area contributed by atoms with Gasteiger partial charge < -0.3 is 5.32 Å². The van der Waals surface area contributed by atoms with Crippen molar-refractivity contribution in [3.63, 3.8) is 0 Å². The van der Waals surface area contributed by atoms with Gasteiger partial charge in [0.25, 0.3) is 5.91 Å². The zero-order valence-electron chi connectivity index (χ0n) is 14.2. The second-order valence-corrected chi connectivity index (χ2v) is 6.68. The maximum Gasteiger partial charge on any atom is 0.256 e. The Morgan fingerprint density at radius 2 is 1.44 bits per heavy atom. The average Bonchev–Trinajstić information content (AvgIpc) is 3.13. The summed E-state index contributed by atoms with van der Waals surface area (Å²) in [5.74, 6) is 0.178. The number of benzene rings is 3. The molecule has 3 aromatic carbocycles. The Bertz CT molecular complexity index is 1080. The van der Waals surface area contributed by atoms with Crippen molar-refractivity contribution < 1.29 is 4.79 Å². The molecular formula is C21H15BrN4O. The number of anilines is 1. The molecule has 1 N–H and O–H groups in total. The first kappa shape index (κ1) is 17.2. The normalized spacial score (nSPS) is 10.6. The summed E-state index contributed by atoms with van der Waals surface area (Å²) in [7, 11) is 0. The van der Waals surface area contributed by atoms with Gasteiger partial charge in [0, 0.05) is 15.6 Å². The summed E-state index contributed by atoms with van der Waals surface area (Å²) in [5.41, 5.74) is 2.83. The van der Waals surface area contributed by atoms with E-state index in [2.05, 4.69) is 31.4 Å². The quantitative estimate of drug-likeness (QED) is 0.509. The molecule has 0 saturated carbocycles. The lowest BCUT2D eigenvalue weighted by molar-refractivity contribution is 0.102. The lowest BCUT2D eigenvalue weighted by Crippen LogP contribution is -2.13. The van der Waals surface area contributed by atoms with Gasteiger partial charge in [-0.1, -0.05) is 60.7 Å².